The molecule has 0 saturated carbocycles. The number of amidine groups is 1. The molecule has 0 fully saturated rings. The predicted octanol–water partition coefficient (Wildman–Crippen LogP) is 9.29. The molecule has 2 N–H and O–H groups in total. The molecule has 5 heteroatoms. The van der Waals surface area contributed by atoms with Crippen LogP contribution in [0.1, 0.15) is 29.0 Å². The highest BCUT2D eigenvalue weighted by molar-refractivity contribution is 6.17. The Kier molecular flexibility index (Phi) is 5.96. The van der Waals surface area contributed by atoms with Crippen LogP contribution in [0.4, 0.5) is 0 Å². The lowest BCUT2D eigenvalue weighted by Gasteiger charge is -2.32. The van der Waals surface area contributed by atoms with Gasteiger partial charge in [-0.15, -0.1) is 0 Å². The van der Waals surface area contributed by atoms with Crippen LogP contribution in [0.3, 0.4) is 0 Å². The Morgan fingerprint density at radius 3 is 2.27 bits per heavy atom. The van der Waals surface area contributed by atoms with Gasteiger partial charge in [-0.05, 0) is 74.1 Å². The van der Waals surface area contributed by atoms with Crippen molar-refractivity contribution in [3.63, 3.8) is 0 Å². The Balaban J connectivity index is 1.16. The standard InChI is InChI=1S/C40H28N4O/c1-2-7-25(8-3-1)28-14-15-30-23-32(18-16-29(30)21-28)39-42-38(31-17-13-26-9-4-5-10-27(26)22-31)43-40(44-39)33-11-6-12-36-37(33)34-24-41-20-19-35(34)45-36/h1-24,38-39,42H,(H,43,44). The van der Waals surface area contributed by atoms with Crippen molar-refractivity contribution in [1.82, 2.24) is 15.6 Å². The van der Waals surface area contributed by atoms with Gasteiger partial charge in [-0.2, -0.15) is 0 Å². The van der Waals surface area contributed by atoms with Gasteiger partial charge in [0.2, 0.25) is 0 Å². The number of aliphatic imine (C=N–C) groups is 1. The van der Waals surface area contributed by atoms with Gasteiger partial charge in [0.05, 0.1) is 0 Å². The van der Waals surface area contributed by atoms with E-state index in [9.17, 15) is 0 Å². The van der Waals surface area contributed by atoms with Crippen LogP contribution in [-0.2, 0) is 0 Å². The monoisotopic (exact) mass is 580 g/mol. The number of benzene rings is 6. The van der Waals surface area contributed by atoms with Gasteiger partial charge in [0.1, 0.15) is 29.3 Å². The van der Waals surface area contributed by atoms with Gasteiger partial charge in [-0.25, -0.2) is 4.99 Å². The molecule has 6 aromatic carbocycles. The highest BCUT2D eigenvalue weighted by Crippen LogP contribution is 2.34. The van der Waals surface area contributed by atoms with Crippen molar-refractivity contribution in [2.24, 2.45) is 4.99 Å². The molecule has 2 atom stereocenters. The smallest absolute Gasteiger partial charge is 0.138 e. The summed E-state index contributed by atoms with van der Waals surface area (Å²) in [6.07, 6.45) is 3.19. The minimum atomic E-state index is -0.265. The van der Waals surface area contributed by atoms with Crippen molar-refractivity contribution in [3.8, 4) is 11.1 Å². The second-order valence-electron chi connectivity index (χ2n) is 11.6. The number of aromatic nitrogens is 1. The molecule has 8 aromatic rings. The first-order valence-corrected chi connectivity index (χ1v) is 15.2. The van der Waals surface area contributed by atoms with Gasteiger partial charge in [0.15, 0.2) is 0 Å². The second kappa shape index (κ2) is 10.4. The van der Waals surface area contributed by atoms with Crippen molar-refractivity contribution in [3.05, 3.63) is 163 Å². The molecular weight excluding hydrogens is 552 g/mol. The van der Waals surface area contributed by atoms with E-state index in [0.717, 1.165) is 44.5 Å². The fourth-order valence-corrected chi connectivity index (χ4v) is 6.54. The van der Waals surface area contributed by atoms with Crippen molar-refractivity contribution in [2.75, 3.05) is 0 Å². The Labute approximate surface area is 259 Å². The molecule has 2 aromatic heterocycles. The summed E-state index contributed by atoms with van der Waals surface area (Å²) in [4.78, 5) is 9.68. The lowest BCUT2D eigenvalue weighted by molar-refractivity contribution is 0.409. The molecule has 0 bridgehead atoms. The number of furan rings is 1. The first kappa shape index (κ1) is 25.7. The molecule has 1 aliphatic rings. The zero-order valence-corrected chi connectivity index (χ0v) is 24.3. The second-order valence-corrected chi connectivity index (χ2v) is 11.6. The van der Waals surface area contributed by atoms with E-state index in [4.69, 9.17) is 9.41 Å². The normalized spacial score (nSPS) is 16.7. The molecule has 0 spiro atoms. The topological polar surface area (TPSA) is 62.5 Å². The summed E-state index contributed by atoms with van der Waals surface area (Å²) in [5.74, 6) is 0.814. The molecule has 3 heterocycles. The van der Waals surface area contributed by atoms with Crippen molar-refractivity contribution in [2.45, 2.75) is 12.3 Å². The molecule has 0 saturated heterocycles. The number of nitrogens with one attached hydrogen (secondary N) is 2. The number of hydrogen-bond acceptors (Lipinski definition) is 5. The molecule has 9 rings (SSSR count). The highest BCUT2D eigenvalue weighted by atomic mass is 16.3. The maximum atomic E-state index is 6.21. The molecular formula is C40H28N4O. The summed E-state index contributed by atoms with van der Waals surface area (Å²) < 4.78 is 6.21. The highest BCUT2D eigenvalue weighted by Gasteiger charge is 2.27. The third kappa shape index (κ3) is 4.53. The molecule has 0 aliphatic carbocycles. The number of nitrogens with zero attached hydrogens (tertiary/aromatic N) is 2. The maximum absolute atomic E-state index is 6.21. The molecule has 5 nitrogen and oxygen atoms in total. The average molecular weight is 581 g/mol. The summed E-state index contributed by atoms with van der Waals surface area (Å²) >= 11 is 0. The fraction of sp³-hybridized carbons (Fsp3) is 0.0500. The van der Waals surface area contributed by atoms with E-state index in [0.29, 0.717) is 0 Å². The van der Waals surface area contributed by atoms with Crippen molar-refractivity contribution < 1.29 is 4.42 Å². The van der Waals surface area contributed by atoms with E-state index < -0.39 is 0 Å². The van der Waals surface area contributed by atoms with Gasteiger partial charge in [0, 0.05) is 28.7 Å². The van der Waals surface area contributed by atoms with Crippen LogP contribution in [0.2, 0.25) is 0 Å². The number of rotatable bonds is 4. The minimum Gasteiger partial charge on any atom is -0.456 e. The summed E-state index contributed by atoms with van der Waals surface area (Å²) in [5.41, 5.74) is 7.30. The van der Waals surface area contributed by atoms with Crippen molar-refractivity contribution >= 4 is 49.3 Å². The first-order chi connectivity index (χ1) is 22.3. The van der Waals surface area contributed by atoms with Gasteiger partial charge < -0.3 is 9.73 Å². The fourth-order valence-electron chi connectivity index (χ4n) is 6.54. The molecule has 0 radical (unpaired) electrons. The summed E-state index contributed by atoms with van der Waals surface area (Å²) in [7, 11) is 0. The predicted molar refractivity (Wildman–Crippen MR) is 183 cm³/mol. The summed E-state index contributed by atoms with van der Waals surface area (Å²) in [6.45, 7) is 0. The van der Waals surface area contributed by atoms with E-state index in [2.05, 4.69) is 131 Å². The molecule has 45 heavy (non-hydrogen) atoms. The SMILES string of the molecule is c1ccc(-c2ccc3cc(C4NC(c5cccc6oc7ccncc7c56)=NC(c5ccc6ccccc6c5)N4)ccc3c2)cc1. The lowest BCUT2D eigenvalue weighted by atomic mass is 9.98. The Morgan fingerprint density at radius 1 is 0.578 bits per heavy atom. The minimum absolute atomic E-state index is 0.182. The zero-order chi connectivity index (χ0) is 29.7. The zero-order valence-electron chi connectivity index (χ0n) is 24.3. The quantitative estimate of drug-likeness (QED) is 0.218. The van der Waals surface area contributed by atoms with Crippen molar-refractivity contribution in [1.29, 1.82) is 0 Å². The van der Waals surface area contributed by atoms with E-state index in [1.54, 1.807) is 6.20 Å². The van der Waals surface area contributed by atoms with Crippen LogP contribution in [0.25, 0.3) is 54.6 Å². The average Bonchev–Trinajstić information content (AvgIpc) is 3.50. The van der Waals surface area contributed by atoms with Crippen LogP contribution in [0.5, 0.6) is 0 Å². The van der Waals surface area contributed by atoms with Gasteiger partial charge in [-0.1, -0.05) is 103 Å². The summed E-state index contributed by atoms with van der Waals surface area (Å²) in [5, 5.41) is 14.3. The van der Waals surface area contributed by atoms with Gasteiger partial charge in [0.25, 0.3) is 0 Å². The van der Waals surface area contributed by atoms with E-state index in [1.807, 2.05) is 24.4 Å². The first-order valence-electron chi connectivity index (χ1n) is 15.2. The van der Waals surface area contributed by atoms with Crippen LogP contribution >= 0.6 is 0 Å². The van der Waals surface area contributed by atoms with Gasteiger partial charge >= 0.3 is 0 Å². The van der Waals surface area contributed by atoms with E-state index in [-0.39, 0.29) is 12.3 Å². The number of hydrogen-bond donors (Lipinski definition) is 2. The van der Waals surface area contributed by atoms with Crippen LogP contribution in [-0.4, -0.2) is 10.8 Å². The van der Waals surface area contributed by atoms with E-state index >= 15 is 0 Å². The Hall–Kier alpha value is -5.78. The Morgan fingerprint density at radius 2 is 1.33 bits per heavy atom. The largest absolute Gasteiger partial charge is 0.456 e. The Bertz CT molecular complexity index is 2410. The summed E-state index contributed by atoms with van der Waals surface area (Å²) in [6, 6.07) is 47.0. The molecule has 2 unspecified atom stereocenters. The van der Waals surface area contributed by atoms with Crippen LogP contribution < -0.4 is 10.6 Å². The van der Waals surface area contributed by atoms with E-state index in [1.165, 1.54) is 32.7 Å². The van der Waals surface area contributed by atoms with Gasteiger partial charge in [-0.3, -0.25) is 10.3 Å². The number of fused-ring (bicyclic) bond motifs is 5. The number of pyridine rings is 1. The van der Waals surface area contributed by atoms with Crippen LogP contribution in [0, 0.1) is 0 Å². The van der Waals surface area contributed by atoms with Crippen LogP contribution in [0.15, 0.2) is 155 Å². The maximum Gasteiger partial charge on any atom is 0.138 e. The molecule has 0 amide bonds. The lowest BCUT2D eigenvalue weighted by Crippen LogP contribution is -2.45. The third-order valence-corrected chi connectivity index (χ3v) is 8.81. The molecule has 1 aliphatic heterocycles. The third-order valence-electron chi connectivity index (χ3n) is 8.81. The molecule has 214 valence electrons.